The number of rotatable bonds is 7. The maximum atomic E-state index is 13.4. The van der Waals surface area contributed by atoms with Crippen molar-refractivity contribution in [1.82, 2.24) is 25.1 Å². The molecule has 5 rings (SSSR count). The van der Waals surface area contributed by atoms with Gasteiger partial charge in [0.15, 0.2) is 5.82 Å². The van der Waals surface area contributed by atoms with E-state index in [9.17, 15) is 4.39 Å². The number of aryl methyl sites for hydroxylation is 3. The van der Waals surface area contributed by atoms with Crippen LogP contribution < -0.4 is 4.90 Å². The molecule has 174 valence electrons. The lowest BCUT2D eigenvalue weighted by Gasteiger charge is -2.40. The average molecular weight is 457 g/mol. The fourth-order valence-electron chi connectivity index (χ4n) is 4.61. The fourth-order valence-corrected chi connectivity index (χ4v) is 4.61. The molecule has 1 aliphatic heterocycles. The van der Waals surface area contributed by atoms with Gasteiger partial charge in [-0.3, -0.25) is 4.90 Å². The van der Waals surface area contributed by atoms with Gasteiger partial charge in [-0.15, -0.1) is 5.10 Å². The second kappa shape index (κ2) is 10.1. The molecule has 0 bridgehead atoms. The van der Waals surface area contributed by atoms with E-state index in [1.54, 1.807) is 0 Å². The highest BCUT2D eigenvalue weighted by atomic mass is 19.1. The molecule has 0 amide bonds. The van der Waals surface area contributed by atoms with Gasteiger partial charge in [-0.1, -0.05) is 60.2 Å². The predicted molar refractivity (Wildman–Crippen MR) is 131 cm³/mol. The number of tetrazole rings is 1. The van der Waals surface area contributed by atoms with Crippen LogP contribution in [0.4, 0.5) is 10.1 Å². The molecule has 2 heterocycles. The van der Waals surface area contributed by atoms with E-state index >= 15 is 0 Å². The molecule has 0 unspecified atom stereocenters. The maximum Gasteiger partial charge on any atom is 0.173 e. The van der Waals surface area contributed by atoms with Crippen molar-refractivity contribution >= 4 is 5.69 Å². The van der Waals surface area contributed by atoms with E-state index in [2.05, 4.69) is 80.8 Å². The van der Waals surface area contributed by atoms with Gasteiger partial charge in [0.2, 0.25) is 0 Å². The number of hydrogen-bond donors (Lipinski definition) is 0. The van der Waals surface area contributed by atoms with Crippen LogP contribution in [0.25, 0.3) is 0 Å². The van der Waals surface area contributed by atoms with Gasteiger partial charge < -0.3 is 4.90 Å². The van der Waals surface area contributed by atoms with Crippen LogP contribution in [0.15, 0.2) is 78.9 Å². The van der Waals surface area contributed by atoms with Crippen LogP contribution in [0.2, 0.25) is 0 Å². The van der Waals surface area contributed by atoms with Crippen molar-refractivity contribution in [3.05, 3.63) is 107 Å². The van der Waals surface area contributed by atoms with E-state index in [0.717, 1.165) is 50.7 Å². The molecule has 7 heteroatoms. The van der Waals surface area contributed by atoms with Gasteiger partial charge in [0.05, 0.1) is 6.04 Å². The van der Waals surface area contributed by atoms with Crippen molar-refractivity contribution in [2.75, 3.05) is 31.1 Å². The predicted octanol–water partition coefficient (Wildman–Crippen LogP) is 4.27. The first-order valence-corrected chi connectivity index (χ1v) is 11.8. The Kier molecular flexibility index (Phi) is 6.62. The molecule has 4 aromatic rings. The van der Waals surface area contributed by atoms with Crippen molar-refractivity contribution in [1.29, 1.82) is 0 Å². The molecule has 0 aliphatic carbocycles. The highest BCUT2D eigenvalue weighted by Crippen LogP contribution is 2.29. The van der Waals surface area contributed by atoms with E-state index in [-0.39, 0.29) is 11.9 Å². The number of benzene rings is 3. The normalized spacial score (nSPS) is 15.4. The minimum atomic E-state index is -0.204. The van der Waals surface area contributed by atoms with Crippen LogP contribution in [0, 0.1) is 12.7 Å². The molecule has 3 aromatic carbocycles. The zero-order valence-electron chi connectivity index (χ0n) is 19.4. The number of aromatic nitrogens is 4. The highest BCUT2D eigenvalue weighted by Gasteiger charge is 2.30. The SMILES string of the molecule is Cc1ccc([C@@H](c2nnnn2CCc2ccccc2)N2CCN(c3ccc(F)cc3)CC2)cc1. The minimum absolute atomic E-state index is 0.0262. The zero-order valence-corrected chi connectivity index (χ0v) is 19.4. The Labute approximate surface area is 199 Å². The lowest BCUT2D eigenvalue weighted by Crippen LogP contribution is -2.48. The van der Waals surface area contributed by atoms with Gasteiger partial charge in [-0.25, -0.2) is 9.07 Å². The third-order valence-electron chi connectivity index (χ3n) is 6.52. The van der Waals surface area contributed by atoms with Gasteiger partial charge >= 0.3 is 0 Å². The molecule has 0 N–H and O–H groups in total. The first kappa shape index (κ1) is 22.2. The lowest BCUT2D eigenvalue weighted by atomic mass is 10.0. The van der Waals surface area contributed by atoms with Gasteiger partial charge in [0, 0.05) is 38.4 Å². The zero-order chi connectivity index (χ0) is 23.3. The Morgan fingerprint density at radius 3 is 2.26 bits per heavy atom. The summed E-state index contributed by atoms with van der Waals surface area (Å²) in [5.74, 6) is 0.666. The summed E-state index contributed by atoms with van der Waals surface area (Å²) in [6.45, 7) is 6.27. The first-order valence-electron chi connectivity index (χ1n) is 11.8. The van der Waals surface area contributed by atoms with E-state index in [1.807, 2.05) is 22.9 Å². The third kappa shape index (κ3) is 4.99. The van der Waals surface area contributed by atoms with E-state index in [1.165, 1.54) is 28.8 Å². The number of anilines is 1. The van der Waals surface area contributed by atoms with Gasteiger partial charge in [-0.05, 0) is 59.2 Å². The second-order valence-electron chi connectivity index (χ2n) is 8.81. The average Bonchev–Trinajstić information content (AvgIpc) is 3.34. The topological polar surface area (TPSA) is 50.1 Å². The number of hydrogen-bond acceptors (Lipinski definition) is 5. The molecule has 34 heavy (non-hydrogen) atoms. The van der Waals surface area contributed by atoms with Crippen molar-refractivity contribution in [2.24, 2.45) is 0 Å². The molecule has 1 saturated heterocycles. The summed E-state index contributed by atoms with van der Waals surface area (Å²) < 4.78 is 15.3. The Hall–Kier alpha value is -3.58. The highest BCUT2D eigenvalue weighted by molar-refractivity contribution is 5.46. The molecule has 1 fully saturated rings. The molecular weight excluding hydrogens is 427 g/mol. The standard InChI is InChI=1S/C27H29FN6/c1-21-7-9-23(10-8-21)26(27-29-30-31-34(27)16-15-22-5-3-2-4-6-22)33-19-17-32(18-20-33)25-13-11-24(28)12-14-25/h2-14,26H,15-20H2,1H3/t26-/m0/s1. The summed E-state index contributed by atoms with van der Waals surface area (Å²) in [5, 5.41) is 12.9. The summed E-state index contributed by atoms with van der Waals surface area (Å²) in [4.78, 5) is 4.76. The van der Waals surface area contributed by atoms with Crippen LogP contribution in [-0.4, -0.2) is 51.3 Å². The molecule has 1 atom stereocenters. The molecule has 1 aromatic heterocycles. The van der Waals surface area contributed by atoms with Gasteiger partial charge in [-0.2, -0.15) is 0 Å². The molecule has 0 radical (unpaired) electrons. The first-order chi connectivity index (χ1) is 16.7. The summed E-state index contributed by atoms with van der Waals surface area (Å²) in [7, 11) is 0. The quantitative estimate of drug-likeness (QED) is 0.416. The van der Waals surface area contributed by atoms with Crippen molar-refractivity contribution < 1.29 is 4.39 Å². The number of nitrogens with zero attached hydrogens (tertiary/aromatic N) is 6. The minimum Gasteiger partial charge on any atom is -0.369 e. The Morgan fingerprint density at radius 1 is 0.853 bits per heavy atom. The van der Waals surface area contributed by atoms with Crippen LogP contribution in [0.3, 0.4) is 0 Å². The van der Waals surface area contributed by atoms with E-state index in [4.69, 9.17) is 0 Å². The largest absolute Gasteiger partial charge is 0.369 e. The van der Waals surface area contributed by atoms with E-state index < -0.39 is 0 Å². The lowest BCUT2D eigenvalue weighted by molar-refractivity contribution is 0.200. The van der Waals surface area contributed by atoms with Crippen LogP contribution in [0.5, 0.6) is 0 Å². The molecular formula is C27H29FN6. The number of piperazine rings is 1. The summed E-state index contributed by atoms with van der Waals surface area (Å²) in [6, 6.07) is 25.8. The third-order valence-corrected chi connectivity index (χ3v) is 6.52. The van der Waals surface area contributed by atoms with Crippen molar-refractivity contribution in [3.63, 3.8) is 0 Å². The van der Waals surface area contributed by atoms with Crippen LogP contribution in [0.1, 0.15) is 28.6 Å². The van der Waals surface area contributed by atoms with Crippen LogP contribution >= 0.6 is 0 Å². The smallest absolute Gasteiger partial charge is 0.173 e. The maximum absolute atomic E-state index is 13.4. The summed E-state index contributed by atoms with van der Waals surface area (Å²) in [5.41, 5.74) is 4.74. The Balaban J connectivity index is 1.37. The summed E-state index contributed by atoms with van der Waals surface area (Å²) >= 11 is 0. The summed E-state index contributed by atoms with van der Waals surface area (Å²) in [6.07, 6.45) is 0.873. The fraction of sp³-hybridized carbons (Fsp3) is 0.296. The van der Waals surface area contributed by atoms with Gasteiger partial charge in [0.25, 0.3) is 0 Å². The molecule has 0 saturated carbocycles. The van der Waals surface area contributed by atoms with Gasteiger partial charge in [0.1, 0.15) is 5.82 Å². The molecule has 1 aliphatic rings. The molecule has 6 nitrogen and oxygen atoms in total. The van der Waals surface area contributed by atoms with Crippen LogP contribution in [-0.2, 0) is 13.0 Å². The monoisotopic (exact) mass is 456 g/mol. The molecule has 0 spiro atoms. The van der Waals surface area contributed by atoms with Crippen molar-refractivity contribution in [2.45, 2.75) is 25.9 Å². The Morgan fingerprint density at radius 2 is 1.56 bits per heavy atom. The van der Waals surface area contributed by atoms with Crippen molar-refractivity contribution in [3.8, 4) is 0 Å². The van der Waals surface area contributed by atoms with E-state index in [0.29, 0.717) is 0 Å². The number of halogens is 1. The second-order valence-corrected chi connectivity index (χ2v) is 8.81. The Bertz CT molecular complexity index is 1180.